The third-order valence-electron chi connectivity index (χ3n) is 4.08. The summed E-state index contributed by atoms with van der Waals surface area (Å²) in [5, 5.41) is 0. The van der Waals surface area contributed by atoms with Gasteiger partial charge in [-0.3, -0.25) is 4.79 Å². The number of benzene rings is 1. The minimum atomic E-state index is -4.09. The minimum Gasteiger partial charge on any atom is -0.321 e. The number of carbonyl (C=O) groups excluding carboxylic acids is 1. The van der Waals surface area contributed by atoms with E-state index in [0.717, 1.165) is 12.0 Å². The van der Waals surface area contributed by atoms with E-state index in [9.17, 15) is 4.79 Å². The summed E-state index contributed by atoms with van der Waals surface area (Å²) in [6.45, 7) is 2.22. The van der Waals surface area contributed by atoms with Crippen LogP contribution in [0.3, 0.4) is 0 Å². The molecule has 0 fully saturated rings. The second kappa shape index (κ2) is 10.9. The first-order valence-electron chi connectivity index (χ1n) is 8.74. The molecule has 1 rings (SSSR count). The van der Waals surface area contributed by atoms with Crippen molar-refractivity contribution < 1.29 is 19.5 Å². The van der Waals surface area contributed by atoms with Crippen LogP contribution in [0.4, 0.5) is 0 Å². The fourth-order valence-corrected chi connectivity index (χ4v) is 3.30. The van der Waals surface area contributed by atoms with Crippen molar-refractivity contribution >= 4 is 13.7 Å². The van der Waals surface area contributed by atoms with Crippen LogP contribution in [0.25, 0.3) is 0 Å². The van der Waals surface area contributed by atoms with Crippen molar-refractivity contribution in [3.8, 4) is 0 Å². The van der Waals surface area contributed by atoms with Gasteiger partial charge < -0.3 is 5.73 Å². The summed E-state index contributed by atoms with van der Waals surface area (Å²) in [4.78, 5) is 38.5. The van der Waals surface area contributed by atoms with Crippen LogP contribution >= 0.6 is 7.94 Å². The lowest BCUT2D eigenvalue weighted by molar-refractivity contribution is -0.118. The highest BCUT2D eigenvalue weighted by Crippen LogP contribution is 2.44. The quantitative estimate of drug-likeness (QED) is 0.341. The molecule has 0 aromatic heterocycles. The average Bonchev–Trinajstić information content (AvgIpc) is 2.50. The summed E-state index contributed by atoms with van der Waals surface area (Å²) in [5.74, 6) is -0.535. The largest absolute Gasteiger partial charge is 0.411 e. The van der Waals surface area contributed by atoms with Crippen molar-refractivity contribution in [3.63, 3.8) is 0 Å². The molecule has 5 nitrogen and oxygen atoms in total. The van der Waals surface area contributed by atoms with Crippen LogP contribution in [-0.4, -0.2) is 32.7 Å². The summed E-state index contributed by atoms with van der Waals surface area (Å²) in [7, 11) is -4.09. The van der Waals surface area contributed by atoms with E-state index in [1.807, 2.05) is 12.1 Å². The van der Waals surface area contributed by atoms with E-state index in [1.165, 1.54) is 44.1 Å². The molecular weight excluding hydrogens is 325 g/mol. The summed E-state index contributed by atoms with van der Waals surface area (Å²) < 4.78 is 0. The van der Waals surface area contributed by atoms with Gasteiger partial charge in [-0.2, -0.15) is 14.7 Å². The van der Waals surface area contributed by atoms with Gasteiger partial charge in [0.1, 0.15) is 0 Å². The monoisotopic (exact) mass is 356 g/mol. The van der Waals surface area contributed by atoms with E-state index in [0.29, 0.717) is 6.42 Å². The van der Waals surface area contributed by atoms with Crippen molar-refractivity contribution in [2.75, 3.05) is 6.16 Å². The molecule has 0 heterocycles. The molecule has 0 saturated heterocycles. The minimum absolute atomic E-state index is 0.329. The predicted octanol–water partition coefficient (Wildman–Crippen LogP) is 2.77. The van der Waals surface area contributed by atoms with E-state index in [1.54, 1.807) is 0 Å². The number of aryl methyl sites for hydroxylation is 1. The number of rotatable bonds is 12. The molecule has 136 valence electrons. The predicted molar refractivity (Wildman–Crippen MR) is 98.7 cm³/mol. The van der Waals surface area contributed by atoms with E-state index in [4.69, 9.17) is 20.4 Å². The number of nitrogens with two attached hydrogens (primary N) is 1. The van der Waals surface area contributed by atoms with Crippen molar-refractivity contribution in [3.05, 3.63) is 35.4 Å². The Morgan fingerprint density at radius 2 is 1.54 bits per heavy atom. The Balaban J connectivity index is 2.35. The van der Waals surface area contributed by atoms with Gasteiger partial charge in [-0.1, -0.05) is 63.3 Å². The van der Waals surface area contributed by atoms with Gasteiger partial charge in [-0.25, -0.2) is 0 Å². The molecule has 0 amide bonds. The standard InChI is InChI=1S/C18H31NO4P/c1-2-3-4-5-6-7-8-15-9-11-16(12-10-15)13-17(19)18(20)14-24(21,22)23/h9-12,17,21-23H,2-8,13-14,19H2,1H3/q+1. The maximum absolute atomic E-state index is 11.7. The third-order valence-corrected chi connectivity index (χ3v) is 4.82. The first-order valence-corrected chi connectivity index (χ1v) is 10.6. The highest BCUT2D eigenvalue weighted by molar-refractivity contribution is 7.59. The Morgan fingerprint density at radius 3 is 2.12 bits per heavy atom. The number of Topliss-reactive ketones (excluding diaryl/α,β-unsaturated/α-hetero) is 1. The van der Waals surface area contributed by atoms with Crippen LogP contribution in [0.15, 0.2) is 24.3 Å². The highest BCUT2D eigenvalue weighted by atomic mass is 31.2. The molecule has 1 aromatic rings. The molecule has 24 heavy (non-hydrogen) atoms. The van der Waals surface area contributed by atoms with Crippen molar-refractivity contribution in [1.82, 2.24) is 0 Å². The van der Waals surface area contributed by atoms with E-state index < -0.39 is 25.9 Å². The van der Waals surface area contributed by atoms with Gasteiger partial charge in [-0.05, 0) is 30.4 Å². The molecule has 0 aliphatic heterocycles. The van der Waals surface area contributed by atoms with Crippen molar-refractivity contribution in [2.24, 2.45) is 5.73 Å². The maximum atomic E-state index is 11.7. The van der Waals surface area contributed by atoms with Gasteiger partial charge in [0.25, 0.3) is 0 Å². The topological polar surface area (TPSA) is 104 Å². The van der Waals surface area contributed by atoms with Crippen LogP contribution in [0.2, 0.25) is 0 Å². The molecule has 1 aromatic carbocycles. The Morgan fingerprint density at radius 1 is 1.00 bits per heavy atom. The molecule has 1 unspecified atom stereocenters. The van der Waals surface area contributed by atoms with Gasteiger partial charge in [0.15, 0.2) is 11.9 Å². The molecule has 0 saturated carbocycles. The van der Waals surface area contributed by atoms with Gasteiger partial charge in [-0.15, -0.1) is 0 Å². The van der Waals surface area contributed by atoms with Gasteiger partial charge >= 0.3 is 7.94 Å². The zero-order valence-electron chi connectivity index (χ0n) is 14.5. The molecule has 5 N–H and O–H groups in total. The second-order valence-electron chi connectivity index (χ2n) is 6.46. The Bertz CT molecular complexity index is 485. The summed E-state index contributed by atoms with van der Waals surface area (Å²) in [5.41, 5.74) is 7.98. The molecule has 1 atom stereocenters. The molecule has 0 aliphatic carbocycles. The molecule has 0 bridgehead atoms. The van der Waals surface area contributed by atoms with Crippen LogP contribution < -0.4 is 5.73 Å². The van der Waals surface area contributed by atoms with Crippen molar-refractivity contribution in [1.29, 1.82) is 0 Å². The van der Waals surface area contributed by atoms with Gasteiger partial charge in [0, 0.05) is 0 Å². The van der Waals surface area contributed by atoms with Crippen LogP contribution in [0.5, 0.6) is 0 Å². The van der Waals surface area contributed by atoms with Crippen LogP contribution in [0.1, 0.15) is 56.6 Å². The Labute approximate surface area is 145 Å². The first kappa shape index (κ1) is 21.2. The molecule has 0 aliphatic rings. The zero-order valence-corrected chi connectivity index (χ0v) is 15.4. The number of hydrogen-bond donors (Lipinski definition) is 4. The van der Waals surface area contributed by atoms with E-state index in [-0.39, 0.29) is 0 Å². The lowest BCUT2D eigenvalue weighted by Crippen LogP contribution is -2.35. The third kappa shape index (κ3) is 9.45. The fourth-order valence-electron chi connectivity index (χ4n) is 2.65. The lowest BCUT2D eigenvalue weighted by Gasteiger charge is -2.11. The van der Waals surface area contributed by atoms with E-state index in [2.05, 4.69) is 19.1 Å². The van der Waals surface area contributed by atoms with Crippen LogP contribution in [0, 0.1) is 0 Å². The smallest absolute Gasteiger partial charge is 0.321 e. The molecule has 6 heteroatoms. The Hall–Kier alpha value is -0.840. The maximum Gasteiger partial charge on any atom is 0.411 e. The zero-order chi connectivity index (χ0) is 18.0. The number of carbonyl (C=O) groups is 1. The fraction of sp³-hybridized carbons (Fsp3) is 0.611. The van der Waals surface area contributed by atoms with Crippen molar-refractivity contribution in [2.45, 2.75) is 64.3 Å². The summed E-state index contributed by atoms with van der Waals surface area (Å²) in [6, 6.07) is 7.19. The molecule has 0 radical (unpaired) electrons. The second-order valence-corrected chi connectivity index (χ2v) is 8.16. The highest BCUT2D eigenvalue weighted by Gasteiger charge is 2.35. The average molecular weight is 356 g/mol. The van der Waals surface area contributed by atoms with Gasteiger partial charge in [0.2, 0.25) is 0 Å². The summed E-state index contributed by atoms with van der Waals surface area (Å²) in [6.07, 6.45) is 8.37. The summed E-state index contributed by atoms with van der Waals surface area (Å²) >= 11 is 0. The van der Waals surface area contributed by atoms with Gasteiger partial charge in [0.05, 0.1) is 6.04 Å². The SMILES string of the molecule is CCCCCCCCc1ccc(CC(N)C(=O)C[P+](O)(O)O)cc1. The van der Waals surface area contributed by atoms with Crippen LogP contribution in [-0.2, 0) is 17.6 Å². The number of unbranched alkanes of at least 4 members (excludes halogenated alkanes) is 5. The molecular formula is C18H31NO4P+. The number of hydrogen-bond acceptors (Lipinski definition) is 5. The Kier molecular flexibility index (Phi) is 9.64. The normalized spacial score (nSPS) is 13.0. The number of ketones is 1. The lowest BCUT2D eigenvalue weighted by atomic mass is 10.00. The first-order chi connectivity index (χ1) is 11.3. The van der Waals surface area contributed by atoms with E-state index >= 15 is 0 Å². The molecule has 0 spiro atoms.